The summed E-state index contributed by atoms with van der Waals surface area (Å²) in [7, 11) is 0. The quantitative estimate of drug-likeness (QED) is 0.819. The van der Waals surface area contributed by atoms with Crippen LogP contribution in [0.15, 0.2) is 24.3 Å². The zero-order valence-electron chi connectivity index (χ0n) is 13.2. The van der Waals surface area contributed by atoms with Crippen LogP contribution in [0.5, 0.6) is 5.75 Å². The molecule has 7 heteroatoms. The highest BCUT2D eigenvalue weighted by Gasteiger charge is 2.21. The average Bonchev–Trinajstić information content (AvgIpc) is 2.87. The number of nitrogens with zero attached hydrogens (tertiary/aromatic N) is 1. The number of esters is 1. The first-order valence-corrected chi connectivity index (χ1v) is 7.84. The van der Waals surface area contributed by atoms with E-state index in [-0.39, 0.29) is 6.61 Å². The number of carbonyl (C=O) groups is 2. The monoisotopic (exact) mass is 334 g/mol. The molecule has 0 aliphatic carbocycles. The van der Waals surface area contributed by atoms with Crippen molar-refractivity contribution >= 4 is 23.2 Å². The van der Waals surface area contributed by atoms with E-state index in [9.17, 15) is 9.59 Å². The third-order valence-corrected chi connectivity index (χ3v) is 4.21. The number of ether oxygens (including phenoxy) is 2. The Bertz CT molecular complexity index is 709. The minimum atomic E-state index is -0.976. The second-order valence-corrected chi connectivity index (χ2v) is 6.16. The van der Waals surface area contributed by atoms with Crippen LogP contribution in [-0.2, 0) is 16.1 Å². The molecule has 1 heterocycles. The van der Waals surface area contributed by atoms with E-state index in [1.165, 1.54) is 18.3 Å². The van der Waals surface area contributed by atoms with E-state index in [2.05, 4.69) is 4.98 Å². The summed E-state index contributed by atoms with van der Waals surface area (Å²) in [6.07, 6.45) is -0.976. The van der Waals surface area contributed by atoms with E-state index >= 15 is 0 Å². The number of carbonyl (C=O) groups excluding carboxylic acids is 2. The Balaban J connectivity index is 2.01. The molecular weight excluding hydrogens is 316 g/mol. The zero-order chi connectivity index (χ0) is 17.0. The van der Waals surface area contributed by atoms with Crippen LogP contribution in [0.2, 0.25) is 0 Å². The highest BCUT2D eigenvalue weighted by Crippen LogP contribution is 2.21. The summed E-state index contributed by atoms with van der Waals surface area (Å²) in [5, 5.41) is 0.654. The molecule has 1 aromatic carbocycles. The standard InChI is InChI=1S/C16H18N2O4S/c1-9-4-6-12(7-5-9)21-8-13-18-10(2)14(23-13)16(20)22-11(3)15(17)19/h4-7,11H,8H2,1-3H3,(H2,17,19)/t11-/m1/s1. The lowest BCUT2D eigenvalue weighted by Gasteiger charge is -2.08. The number of aromatic nitrogens is 1. The molecular formula is C16H18N2O4S. The second kappa shape index (κ2) is 7.23. The Morgan fingerprint density at radius 3 is 2.52 bits per heavy atom. The molecule has 0 aliphatic heterocycles. The van der Waals surface area contributed by atoms with Crippen LogP contribution >= 0.6 is 11.3 Å². The van der Waals surface area contributed by atoms with Crippen LogP contribution in [0.25, 0.3) is 0 Å². The van der Waals surface area contributed by atoms with Gasteiger partial charge >= 0.3 is 5.97 Å². The van der Waals surface area contributed by atoms with Crippen molar-refractivity contribution in [3.63, 3.8) is 0 Å². The fourth-order valence-electron chi connectivity index (χ4n) is 1.76. The summed E-state index contributed by atoms with van der Waals surface area (Å²) in [6.45, 7) is 5.39. The second-order valence-electron chi connectivity index (χ2n) is 5.07. The number of aryl methyl sites for hydroxylation is 2. The highest BCUT2D eigenvalue weighted by atomic mass is 32.1. The Morgan fingerprint density at radius 1 is 1.26 bits per heavy atom. The maximum atomic E-state index is 12.0. The Kier molecular flexibility index (Phi) is 5.33. The first-order valence-electron chi connectivity index (χ1n) is 7.03. The average molecular weight is 334 g/mol. The molecule has 0 spiro atoms. The van der Waals surface area contributed by atoms with Crippen molar-refractivity contribution in [2.75, 3.05) is 0 Å². The molecule has 0 radical (unpaired) electrons. The third kappa shape index (κ3) is 4.53. The van der Waals surface area contributed by atoms with E-state index in [0.717, 1.165) is 11.3 Å². The molecule has 2 rings (SSSR count). The van der Waals surface area contributed by atoms with Gasteiger partial charge in [-0.3, -0.25) is 4.79 Å². The van der Waals surface area contributed by atoms with Crippen LogP contribution < -0.4 is 10.5 Å². The minimum Gasteiger partial charge on any atom is -0.486 e. The van der Waals surface area contributed by atoms with Crippen molar-refractivity contribution in [1.29, 1.82) is 0 Å². The number of benzene rings is 1. The van der Waals surface area contributed by atoms with Gasteiger partial charge in [0.2, 0.25) is 0 Å². The third-order valence-electron chi connectivity index (χ3n) is 3.09. The fourth-order valence-corrected chi connectivity index (χ4v) is 2.62. The maximum Gasteiger partial charge on any atom is 0.351 e. The van der Waals surface area contributed by atoms with E-state index in [1.807, 2.05) is 31.2 Å². The predicted molar refractivity (Wildman–Crippen MR) is 86.4 cm³/mol. The van der Waals surface area contributed by atoms with E-state index in [4.69, 9.17) is 15.2 Å². The normalized spacial score (nSPS) is 11.8. The number of hydrogen-bond acceptors (Lipinski definition) is 6. The highest BCUT2D eigenvalue weighted by molar-refractivity contribution is 7.13. The smallest absolute Gasteiger partial charge is 0.351 e. The van der Waals surface area contributed by atoms with Crippen LogP contribution in [-0.4, -0.2) is 23.0 Å². The molecule has 6 nitrogen and oxygen atoms in total. The fraction of sp³-hybridized carbons (Fsp3) is 0.312. The molecule has 1 atom stereocenters. The van der Waals surface area contributed by atoms with E-state index in [0.29, 0.717) is 15.6 Å². The molecule has 2 aromatic rings. The van der Waals surface area contributed by atoms with Crippen molar-refractivity contribution in [2.24, 2.45) is 5.73 Å². The minimum absolute atomic E-state index is 0.257. The topological polar surface area (TPSA) is 91.5 Å². The van der Waals surface area contributed by atoms with Crippen LogP contribution in [0, 0.1) is 13.8 Å². The molecule has 0 saturated carbocycles. The molecule has 0 bridgehead atoms. The SMILES string of the molecule is Cc1ccc(OCc2nc(C)c(C(=O)O[C@H](C)C(N)=O)s2)cc1. The summed E-state index contributed by atoms with van der Waals surface area (Å²) in [6, 6.07) is 7.66. The van der Waals surface area contributed by atoms with Gasteiger partial charge in [0.15, 0.2) is 6.10 Å². The van der Waals surface area contributed by atoms with E-state index in [1.54, 1.807) is 6.92 Å². The van der Waals surface area contributed by atoms with Gasteiger partial charge in [-0.15, -0.1) is 11.3 Å². The first-order chi connectivity index (χ1) is 10.9. The summed E-state index contributed by atoms with van der Waals surface area (Å²) in [4.78, 5) is 27.6. The van der Waals surface area contributed by atoms with Gasteiger partial charge in [-0.2, -0.15) is 0 Å². The lowest BCUT2D eigenvalue weighted by molar-refractivity contribution is -0.125. The summed E-state index contributed by atoms with van der Waals surface area (Å²) in [5.74, 6) is -0.564. The Hall–Kier alpha value is -2.41. The molecule has 1 amide bonds. The first kappa shape index (κ1) is 17.0. The van der Waals surface area contributed by atoms with E-state index < -0.39 is 18.0 Å². The zero-order valence-corrected chi connectivity index (χ0v) is 14.0. The molecule has 0 unspecified atom stereocenters. The van der Waals surface area contributed by atoms with Gasteiger partial charge in [-0.1, -0.05) is 17.7 Å². The van der Waals surface area contributed by atoms with Gasteiger partial charge in [0, 0.05) is 0 Å². The Labute approximate surface area is 138 Å². The lowest BCUT2D eigenvalue weighted by Crippen LogP contribution is -2.30. The van der Waals surface area contributed by atoms with Crippen molar-refractivity contribution in [2.45, 2.75) is 33.5 Å². The number of primary amides is 1. The lowest BCUT2D eigenvalue weighted by atomic mass is 10.2. The molecule has 1 aromatic heterocycles. The van der Waals surface area contributed by atoms with Gasteiger partial charge < -0.3 is 15.2 Å². The van der Waals surface area contributed by atoms with Crippen LogP contribution in [0.4, 0.5) is 0 Å². The number of amides is 1. The van der Waals surface area contributed by atoms with Crippen molar-refractivity contribution < 1.29 is 19.1 Å². The number of nitrogens with two attached hydrogens (primary N) is 1. The predicted octanol–water partition coefficient (Wildman–Crippen LogP) is 2.37. The largest absolute Gasteiger partial charge is 0.486 e. The molecule has 0 aliphatic rings. The Morgan fingerprint density at radius 2 is 1.91 bits per heavy atom. The van der Waals surface area contributed by atoms with Crippen molar-refractivity contribution in [3.8, 4) is 5.75 Å². The molecule has 0 saturated heterocycles. The maximum absolute atomic E-state index is 12.0. The van der Waals surface area contributed by atoms with Gasteiger partial charge in [0.1, 0.15) is 22.2 Å². The number of hydrogen-bond donors (Lipinski definition) is 1. The van der Waals surface area contributed by atoms with Gasteiger partial charge in [-0.05, 0) is 32.9 Å². The van der Waals surface area contributed by atoms with Gasteiger partial charge in [0.05, 0.1) is 5.69 Å². The molecule has 23 heavy (non-hydrogen) atoms. The molecule has 2 N–H and O–H groups in total. The van der Waals surface area contributed by atoms with Crippen LogP contribution in [0.3, 0.4) is 0 Å². The van der Waals surface area contributed by atoms with Crippen molar-refractivity contribution in [1.82, 2.24) is 4.98 Å². The van der Waals surface area contributed by atoms with Gasteiger partial charge in [-0.25, -0.2) is 9.78 Å². The summed E-state index contributed by atoms with van der Waals surface area (Å²) >= 11 is 1.18. The molecule has 122 valence electrons. The van der Waals surface area contributed by atoms with Crippen molar-refractivity contribution in [3.05, 3.63) is 45.4 Å². The van der Waals surface area contributed by atoms with Gasteiger partial charge in [0.25, 0.3) is 5.91 Å². The summed E-state index contributed by atoms with van der Waals surface area (Å²) < 4.78 is 10.6. The summed E-state index contributed by atoms with van der Waals surface area (Å²) in [5.41, 5.74) is 6.77. The van der Waals surface area contributed by atoms with Crippen LogP contribution in [0.1, 0.15) is 32.9 Å². The number of thiazole rings is 1. The molecule has 0 fully saturated rings. The number of rotatable bonds is 6.